The zero-order valence-electron chi connectivity index (χ0n) is 20.6. The molecular formula is C28H32N8O. The number of hydrogen-bond acceptors (Lipinski definition) is 8. The van der Waals surface area contributed by atoms with Gasteiger partial charge in [0.15, 0.2) is 0 Å². The van der Waals surface area contributed by atoms with Crippen LogP contribution in [0.2, 0.25) is 0 Å². The van der Waals surface area contributed by atoms with Gasteiger partial charge in [-0.1, -0.05) is 54.6 Å². The molecule has 0 saturated heterocycles. The molecule has 1 aliphatic carbocycles. The molecule has 1 atom stereocenters. The van der Waals surface area contributed by atoms with E-state index in [0.29, 0.717) is 35.8 Å². The van der Waals surface area contributed by atoms with Crippen LogP contribution < -0.4 is 22.7 Å². The summed E-state index contributed by atoms with van der Waals surface area (Å²) >= 11 is 0. The molecule has 5 rings (SSSR count). The van der Waals surface area contributed by atoms with Gasteiger partial charge in [-0.15, -0.1) is 0 Å². The molecule has 0 bridgehead atoms. The van der Waals surface area contributed by atoms with Crippen LogP contribution in [0.4, 0.5) is 11.4 Å². The second-order valence-electron chi connectivity index (χ2n) is 9.44. The van der Waals surface area contributed by atoms with Crippen LogP contribution in [-0.4, -0.2) is 33.9 Å². The van der Waals surface area contributed by atoms with Gasteiger partial charge in [-0.3, -0.25) is 15.6 Å². The summed E-state index contributed by atoms with van der Waals surface area (Å²) in [5.41, 5.74) is 9.72. The Labute approximate surface area is 216 Å². The summed E-state index contributed by atoms with van der Waals surface area (Å²) in [6.07, 6.45) is 3.17. The molecule has 1 unspecified atom stereocenters. The number of amides is 1. The summed E-state index contributed by atoms with van der Waals surface area (Å²) in [6, 6.07) is 24.7. The predicted molar refractivity (Wildman–Crippen MR) is 147 cm³/mol. The van der Waals surface area contributed by atoms with E-state index in [0.717, 1.165) is 36.5 Å². The van der Waals surface area contributed by atoms with Crippen molar-refractivity contribution < 1.29 is 4.79 Å². The number of nitrogens with one attached hydrogen (secondary N) is 1. The van der Waals surface area contributed by atoms with Crippen molar-refractivity contribution in [2.45, 2.75) is 38.5 Å². The first kappa shape index (κ1) is 24.6. The van der Waals surface area contributed by atoms with Gasteiger partial charge in [-0.25, -0.2) is 15.8 Å². The number of rotatable bonds is 9. The zero-order chi connectivity index (χ0) is 25.8. The Kier molecular flexibility index (Phi) is 7.27. The highest BCUT2D eigenvalue weighted by molar-refractivity contribution is 6.05. The lowest BCUT2D eigenvalue weighted by Gasteiger charge is -2.36. The van der Waals surface area contributed by atoms with Crippen LogP contribution >= 0.6 is 0 Å². The van der Waals surface area contributed by atoms with E-state index >= 15 is 0 Å². The molecule has 1 aliphatic heterocycles. The zero-order valence-corrected chi connectivity index (χ0v) is 20.6. The van der Waals surface area contributed by atoms with Crippen molar-refractivity contribution in [2.75, 3.05) is 11.1 Å². The summed E-state index contributed by atoms with van der Waals surface area (Å²) in [5, 5.41) is 6.02. The molecule has 0 aromatic heterocycles. The fourth-order valence-electron chi connectivity index (χ4n) is 4.25. The standard InChI is InChI=1S/C28H32N8O/c29-23-8-4-5-9-24(23)32-27(37)22-13-10-20(11-14-22)18-35(30)28-34-26(21-15-16-21)33-25(36(28)31)17-12-19-6-2-1-3-7-19/h1-11,13-14,21,28H,12,15-18,29-31H2,(H,32,37). The summed E-state index contributed by atoms with van der Waals surface area (Å²) < 4.78 is 0. The van der Waals surface area contributed by atoms with Gasteiger partial charge in [0, 0.05) is 24.4 Å². The first-order valence-electron chi connectivity index (χ1n) is 12.5. The third kappa shape index (κ3) is 6.03. The average molecular weight is 497 g/mol. The van der Waals surface area contributed by atoms with Gasteiger partial charge in [0.25, 0.3) is 5.91 Å². The SMILES string of the molecule is Nc1ccccc1NC(=O)c1ccc(CN(N)C2N=C(C3CC3)N=C(CCc3ccccc3)N2N)cc1. The number of aliphatic imine (C=N–C) groups is 2. The van der Waals surface area contributed by atoms with E-state index in [9.17, 15) is 4.79 Å². The number of para-hydroxylation sites is 2. The molecule has 190 valence electrons. The van der Waals surface area contributed by atoms with Crippen LogP contribution in [0.25, 0.3) is 0 Å². The normalized spacial score (nSPS) is 17.4. The van der Waals surface area contributed by atoms with Crippen molar-refractivity contribution >= 4 is 29.0 Å². The Balaban J connectivity index is 1.24. The maximum atomic E-state index is 12.6. The molecule has 9 heteroatoms. The van der Waals surface area contributed by atoms with Crippen LogP contribution in [0.5, 0.6) is 0 Å². The van der Waals surface area contributed by atoms with Crippen LogP contribution in [0.15, 0.2) is 88.8 Å². The quantitative estimate of drug-likeness (QED) is 0.203. The second-order valence-corrected chi connectivity index (χ2v) is 9.44. The highest BCUT2D eigenvalue weighted by Crippen LogP contribution is 2.33. The Morgan fingerprint density at radius 3 is 2.35 bits per heavy atom. The fourth-order valence-corrected chi connectivity index (χ4v) is 4.25. The monoisotopic (exact) mass is 496 g/mol. The third-order valence-electron chi connectivity index (χ3n) is 6.55. The Morgan fingerprint density at radius 2 is 1.65 bits per heavy atom. The molecule has 1 saturated carbocycles. The van der Waals surface area contributed by atoms with Crippen molar-refractivity contribution in [3.63, 3.8) is 0 Å². The number of amidine groups is 2. The highest BCUT2D eigenvalue weighted by atomic mass is 16.1. The summed E-state index contributed by atoms with van der Waals surface area (Å²) in [5.74, 6) is 14.8. The van der Waals surface area contributed by atoms with E-state index in [1.54, 1.807) is 34.3 Å². The van der Waals surface area contributed by atoms with Crippen LogP contribution in [0.1, 0.15) is 40.7 Å². The number of hydrazine groups is 2. The number of anilines is 2. The van der Waals surface area contributed by atoms with Crippen molar-refractivity contribution in [3.05, 3.63) is 95.6 Å². The van der Waals surface area contributed by atoms with Crippen LogP contribution in [0, 0.1) is 5.92 Å². The largest absolute Gasteiger partial charge is 0.397 e. The molecule has 9 nitrogen and oxygen atoms in total. The molecule has 0 radical (unpaired) electrons. The van der Waals surface area contributed by atoms with Crippen molar-refractivity contribution in [2.24, 2.45) is 27.6 Å². The maximum absolute atomic E-state index is 12.6. The molecule has 3 aromatic rings. The average Bonchev–Trinajstić information content (AvgIpc) is 3.76. The number of carbonyl (C=O) groups excluding carboxylic acids is 1. The maximum Gasteiger partial charge on any atom is 0.255 e. The van der Waals surface area contributed by atoms with Gasteiger partial charge < -0.3 is 11.1 Å². The molecule has 1 heterocycles. The minimum absolute atomic E-state index is 0.229. The molecular weight excluding hydrogens is 464 g/mol. The van der Waals surface area contributed by atoms with Crippen LogP contribution in [-0.2, 0) is 13.0 Å². The van der Waals surface area contributed by atoms with Gasteiger partial charge in [0.05, 0.1) is 11.4 Å². The smallest absolute Gasteiger partial charge is 0.255 e. The summed E-state index contributed by atoms with van der Waals surface area (Å²) in [7, 11) is 0. The van der Waals surface area contributed by atoms with Crippen molar-refractivity contribution in [1.82, 2.24) is 10.0 Å². The molecule has 2 aliphatic rings. The lowest BCUT2D eigenvalue weighted by atomic mass is 10.1. The lowest BCUT2D eigenvalue weighted by molar-refractivity contribution is 0.0866. The highest BCUT2D eigenvalue weighted by Gasteiger charge is 2.35. The van der Waals surface area contributed by atoms with Gasteiger partial charge in [0.2, 0.25) is 6.29 Å². The number of nitrogens with zero attached hydrogens (tertiary/aromatic N) is 4. The van der Waals surface area contributed by atoms with Gasteiger partial charge >= 0.3 is 0 Å². The first-order chi connectivity index (χ1) is 18.0. The third-order valence-corrected chi connectivity index (χ3v) is 6.55. The number of carbonyl (C=O) groups is 1. The van der Waals surface area contributed by atoms with Gasteiger partial charge in [-0.05, 0) is 54.7 Å². The minimum atomic E-state index is -0.553. The van der Waals surface area contributed by atoms with Crippen molar-refractivity contribution in [3.8, 4) is 0 Å². The number of benzene rings is 3. The number of nitrogen functional groups attached to an aromatic ring is 1. The molecule has 3 aromatic carbocycles. The lowest BCUT2D eigenvalue weighted by Crippen LogP contribution is -2.57. The van der Waals surface area contributed by atoms with E-state index < -0.39 is 6.29 Å². The molecule has 1 amide bonds. The van der Waals surface area contributed by atoms with E-state index in [4.69, 9.17) is 27.4 Å². The van der Waals surface area contributed by atoms with Crippen molar-refractivity contribution in [1.29, 1.82) is 0 Å². The van der Waals surface area contributed by atoms with E-state index in [1.807, 2.05) is 42.5 Å². The Hall–Kier alpha value is -4.05. The van der Waals surface area contributed by atoms with Crippen LogP contribution in [0.3, 0.4) is 0 Å². The summed E-state index contributed by atoms with van der Waals surface area (Å²) in [6.45, 7) is 0.402. The Bertz CT molecular complexity index is 1300. The van der Waals surface area contributed by atoms with Gasteiger partial charge in [-0.2, -0.15) is 5.01 Å². The molecule has 37 heavy (non-hydrogen) atoms. The second kappa shape index (κ2) is 10.9. The van der Waals surface area contributed by atoms with E-state index in [-0.39, 0.29) is 5.91 Å². The van der Waals surface area contributed by atoms with Gasteiger partial charge in [0.1, 0.15) is 11.7 Å². The van der Waals surface area contributed by atoms with E-state index in [1.165, 1.54) is 5.56 Å². The van der Waals surface area contributed by atoms with E-state index in [2.05, 4.69) is 17.4 Å². The molecule has 1 fully saturated rings. The number of hydrogen-bond donors (Lipinski definition) is 4. The number of nitrogens with two attached hydrogens (primary N) is 3. The Morgan fingerprint density at radius 1 is 0.946 bits per heavy atom. The molecule has 0 spiro atoms. The summed E-state index contributed by atoms with van der Waals surface area (Å²) in [4.78, 5) is 22.2. The predicted octanol–water partition coefficient (Wildman–Crippen LogP) is 3.51. The fraction of sp³-hybridized carbons (Fsp3) is 0.250. The molecule has 7 N–H and O–H groups in total. The minimum Gasteiger partial charge on any atom is -0.397 e. The topological polar surface area (TPSA) is 138 Å². The first-order valence-corrected chi connectivity index (χ1v) is 12.5. The number of aryl methyl sites for hydroxylation is 1.